The summed E-state index contributed by atoms with van der Waals surface area (Å²) in [5.41, 5.74) is 1.73. The summed E-state index contributed by atoms with van der Waals surface area (Å²) in [6.45, 7) is -1.48. The van der Waals surface area contributed by atoms with Crippen LogP contribution in [0, 0.1) is 0 Å². The largest absolute Gasteiger partial charge is 0.495 e. The number of carbonyl (C=O) groups excluding carboxylic acids is 1. The van der Waals surface area contributed by atoms with Crippen LogP contribution in [0.2, 0.25) is 5.02 Å². The summed E-state index contributed by atoms with van der Waals surface area (Å²) < 4.78 is 47.7. The second-order valence-electron chi connectivity index (χ2n) is 6.32. The number of Topliss-reactive ketones (excluding diaryl/α,β-unsaturated/α-hetero) is 1. The van der Waals surface area contributed by atoms with Gasteiger partial charge in [0.2, 0.25) is 5.88 Å². The number of nitrogens with zero attached hydrogens (tertiary/aromatic N) is 2. The summed E-state index contributed by atoms with van der Waals surface area (Å²) in [5.74, 6) is 0.0137. The Morgan fingerprint density at radius 3 is 2.50 bits per heavy atom. The number of rotatable bonds is 7. The summed E-state index contributed by atoms with van der Waals surface area (Å²) in [4.78, 5) is 20.6. The second-order valence-corrected chi connectivity index (χ2v) is 6.76. The molecular weight excluding hydrogens is 421 g/mol. The van der Waals surface area contributed by atoms with Crippen LogP contribution in [0.15, 0.2) is 55.0 Å². The molecule has 0 bridgehead atoms. The number of benzene rings is 1. The van der Waals surface area contributed by atoms with Crippen molar-refractivity contribution in [3.8, 4) is 22.8 Å². The van der Waals surface area contributed by atoms with Crippen molar-refractivity contribution < 1.29 is 27.4 Å². The molecule has 0 amide bonds. The van der Waals surface area contributed by atoms with Gasteiger partial charge in [0.1, 0.15) is 5.75 Å². The van der Waals surface area contributed by atoms with Crippen LogP contribution in [0.25, 0.3) is 11.1 Å². The molecule has 0 atom stereocenters. The highest BCUT2D eigenvalue weighted by atomic mass is 35.5. The summed E-state index contributed by atoms with van der Waals surface area (Å²) in [6, 6.07) is 9.61. The van der Waals surface area contributed by atoms with E-state index in [2.05, 4.69) is 9.97 Å². The zero-order valence-electron chi connectivity index (χ0n) is 15.7. The number of hydrogen-bond donors (Lipinski definition) is 0. The molecule has 1 aromatic carbocycles. The fourth-order valence-corrected chi connectivity index (χ4v) is 2.79. The first-order valence-electron chi connectivity index (χ1n) is 8.72. The Labute approximate surface area is 175 Å². The van der Waals surface area contributed by atoms with Crippen LogP contribution in [0.1, 0.15) is 15.9 Å². The first kappa shape index (κ1) is 21.6. The van der Waals surface area contributed by atoms with Crippen molar-refractivity contribution in [1.29, 1.82) is 0 Å². The molecule has 0 aliphatic rings. The molecule has 0 spiro atoms. The Bertz CT molecular complexity index is 1040. The van der Waals surface area contributed by atoms with Gasteiger partial charge >= 0.3 is 6.18 Å². The van der Waals surface area contributed by atoms with Gasteiger partial charge in [0.05, 0.1) is 13.3 Å². The standard InChI is InChI=1S/C21H16ClF3N2O3/c1-29-17-8-15(10-26-11-17)19(28)7-13-6-18(14-2-4-16(22)5-3-14)20(27-9-13)30-12-21(23,24)25/h2-6,8-11H,7,12H2,1H3. The van der Waals surface area contributed by atoms with Crippen molar-refractivity contribution >= 4 is 17.4 Å². The van der Waals surface area contributed by atoms with Crippen molar-refractivity contribution in [2.75, 3.05) is 13.7 Å². The number of alkyl halides is 3. The predicted octanol–water partition coefficient (Wildman–Crippen LogP) is 5.17. The topological polar surface area (TPSA) is 61.3 Å². The molecule has 0 unspecified atom stereocenters. The van der Waals surface area contributed by atoms with Crippen LogP contribution in [0.5, 0.6) is 11.6 Å². The van der Waals surface area contributed by atoms with E-state index in [0.717, 1.165) is 0 Å². The van der Waals surface area contributed by atoms with Crippen LogP contribution < -0.4 is 9.47 Å². The van der Waals surface area contributed by atoms with Crippen molar-refractivity contribution in [3.05, 3.63) is 71.1 Å². The minimum absolute atomic E-state index is 0.0258. The van der Waals surface area contributed by atoms with Crippen LogP contribution in [-0.2, 0) is 6.42 Å². The SMILES string of the molecule is COc1cncc(C(=O)Cc2cnc(OCC(F)(F)F)c(-c3ccc(Cl)cc3)c2)c1. The molecule has 0 aliphatic carbocycles. The van der Waals surface area contributed by atoms with Gasteiger partial charge in [0.15, 0.2) is 12.4 Å². The highest BCUT2D eigenvalue weighted by Crippen LogP contribution is 2.31. The zero-order chi connectivity index (χ0) is 21.7. The van der Waals surface area contributed by atoms with E-state index < -0.39 is 12.8 Å². The van der Waals surface area contributed by atoms with E-state index in [-0.39, 0.29) is 18.1 Å². The Morgan fingerprint density at radius 2 is 1.83 bits per heavy atom. The third-order valence-corrected chi connectivity index (χ3v) is 4.32. The first-order chi connectivity index (χ1) is 14.2. The van der Waals surface area contributed by atoms with Gasteiger partial charge in [-0.3, -0.25) is 9.78 Å². The molecule has 30 heavy (non-hydrogen) atoms. The summed E-state index contributed by atoms with van der Waals surface area (Å²) >= 11 is 5.90. The number of pyridine rings is 2. The lowest BCUT2D eigenvalue weighted by Crippen LogP contribution is -2.20. The number of ether oxygens (including phenoxy) is 2. The number of halogens is 4. The number of hydrogen-bond acceptors (Lipinski definition) is 5. The third-order valence-electron chi connectivity index (χ3n) is 4.07. The second kappa shape index (κ2) is 9.13. The minimum atomic E-state index is -4.51. The third kappa shape index (κ3) is 5.70. The van der Waals surface area contributed by atoms with Gasteiger partial charge in [-0.25, -0.2) is 4.98 Å². The Hall–Kier alpha value is -3.13. The molecule has 0 aliphatic heterocycles. The van der Waals surface area contributed by atoms with Gasteiger partial charge in [-0.1, -0.05) is 23.7 Å². The lowest BCUT2D eigenvalue weighted by Gasteiger charge is -2.14. The van der Waals surface area contributed by atoms with Crippen LogP contribution in [-0.4, -0.2) is 35.6 Å². The van der Waals surface area contributed by atoms with Crippen LogP contribution in [0.3, 0.4) is 0 Å². The fourth-order valence-electron chi connectivity index (χ4n) is 2.66. The van der Waals surface area contributed by atoms with E-state index >= 15 is 0 Å². The highest BCUT2D eigenvalue weighted by molar-refractivity contribution is 6.30. The number of aromatic nitrogens is 2. The average molecular weight is 437 g/mol. The van der Waals surface area contributed by atoms with Gasteiger partial charge in [-0.15, -0.1) is 0 Å². The maximum atomic E-state index is 12.6. The smallest absolute Gasteiger partial charge is 0.422 e. The molecule has 2 heterocycles. The van der Waals surface area contributed by atoms with E-state index in [1.165, 1.54) is 25.7 Å². The van der Waals surface area contributed by atoms with Crippen molar-refractivity contribution in [2.24, 2.45) is 0 Å². The first-order valence-corrected chi connectivity index (χ1v) is 9.09. The molecule has 156 valence electrons. The molecule has 2 aromatic heterocycles. The van der Waals surface area contributed by atoms with Gasteiger partial charge < -0.3 is 9.47 Å². The molecule has 3 aromatic rings. The van der Waals surface area contributed by atoms with Gasteiger partial charge in [0.25, 0.3) is 0 Å². The molecule has 0 saturated carbocycles. The zero-order valence-corrected chi connectivity index (χ0v) is 16.5. The monoisotopic (exact) mass is 436 g/mol. The van der Waals surface area contributed by atoms with Crippen LogP contribution in [0.4, 0.5) is 13.2 Å². The summed E-state index contributed by atoms with van der Waals surface area (Å²) in [6.07, 6.45) is -0.325. The van der Waals surface area contributed by atoms with Crippen LogP contribution >= 0.6 is 11.6 Å². The lowest BCUT2D eigenvalue weighted by molar-refractivity contribution is -0.154. The van der Waals surface area contributed by atoms with E-state index in [1.807, 2.05) is 0 Å². The highest BCUT2D eigenvalue weighted by Gasteiger charge is 2.29. The van der Waals surface area contributed by atoms with Crippen molar-refractivity contribution in [2.45, 2.75) is 12.6 Å². The van der Waals surface area contributed by atoms with Gasteiger partial charge in [-0.2, -0.15) is 13.2 Å². The number of carbonyl (C=O) groups is 1. The average Bonchev–Trinajstić information content (AvgIpc) is 2.72. The lowest BCUT2D eigenvalue weighted by atomic mass is 10.0. The number of methoxy groups -OCH3 is 1. The predicted molar refractivity (Wildman–Crippen MR) is 105 cm³/mol. The normalized spacial score (nSPS) is 11.2. The van der Waals surface area contributed by atoms with Gasteiger partial charge in [-0.05, 0) is 35.4 Å². The minimum Gasteiger partial charge on any atom is -0.495 e. The van der Waals surface area contributed by atoms with Crippen molar-refractivity contribution in [3.63, 3.8) is 0 Å². The molecule has 0 N–H and O–H groups in total. The van der Waals surface area contributed by atoms with E-state index in [1.54, 1.807) is 36.4 Å². The van der Waals surface area contributed by atoms with Gasteiger partial charge in [0, 0.05) is 35.0 Å². The maximum Gasteiger partial charge on any atom is 0.422 e. The fraction of sp³-hybridized carbons (Fsp3) is 0.190. The molecule has 0 radical (unpaired) electrons. The summed E-state index contributed by atoms with van der Waals surface area (Å²) in [5, 5.41) is 0.473. The molecular formula is C21H16ClF3N2O3. The maximum absolute atomic E-state index is 12.6. The molecule has 3 rings (SSSR count). The quantitative estimate of drug-likeness (QED) is 0.478. The number of ketones is 1. The molecule has 5 nitrogen and oxygen atoms in total. The molecule has 9 heteroatoms. The van der Waals surface area contributed by atoms with E-state index in [0.29, 0.717) is 33.0 Å². The molecule has 0 fully saturated rings. The van der Waals surface area contributed by atoms with E-state index in [9.17, 15) is 18.0 Å². The van der Waals surface area contributed by atoms with Crippen molar-refractivity contribution in [1.82, 2.24) is 9.97 Å². The van der Waals surface area contributed by atoms with E-state index in [4.69, 9.17) is 21.1 Å². The Morgan fingerprint density at radius 1 is 1.10 bits per heavy atom. The Balaban J connectivity index is 1.91. The summed E-state index contributed by atoms with van der Waals surface area (Å²) in [7, 11) is 1.47. The Kier molecular flexibility index (Phi) is 6.56. The molecule has 0 saturated heterocycles.